The van der Waals surface area contributed by atoms with Crippen molar-refractivity contribution in [3.8, 4) is 0 Å². The number of hydrogen-bond donors (Lipinski definition) is 1. The van der Waals surface area contributed by atoms with Crippen LogP contribution in [0.15, 0.2) is 33.2 Å². The largest absolute Gasteiger partial charge is 0.459 e. The minimum absolute atomic E-state index is 0.126. The molecule has 1 aromatic heterocycles. The Kier molecular flexibility index (Phi) is 3.83. The first kappa shape index (κ1) is 13.6. The van der Waals surface area contributed by atoms with Gasteiger partial charge in [-0.2, -0.15) is 0 Å². The average Bonchev–Trinajstić information content (AvgIpc) is 2.66. The molecule has 98 valence electrons. The summed E-state index contributed by atoms with van der Waals surface area (Å²) in [6.07, 6.45) is 0. The van der Waals surface area contributed by atoms with E-state index < -0.39 is 0 Å². The molecule has 0 aliphatic heterocycles. The molecule has 1 aromatic carbocycles. The van der Waals surface area contributed by atoms with Gasteiger partial charge in [-0.1, -0.05) is 43.6 Å². The summed E-state index contributed by atoms with van der Waals surface area (Å²) in [6.45, 7) is 9.73. The molecule has 0 spiro atoms. The number of furan rings is 1. The maximum absolute atomic E-state index is 5.98. The number of benzene rings is 1. The van der Waals surface area contributed by atoms with Crippen LogP contribution in [0, 0.1) is 5.41 Å². The summed E-state index contributed by atoms with van der Waals surface area (Å²) in [4.78, 5) is 0. The van der Waals surface area contributed by atoms with E-state index in [9.17, 15) is 0 Å². The topological polar surface area (TPSA) is 25.2 Å². The molecule has 18 heavy (non-hydrogen) atoms. The first-order valence-corrected chi connectivity index (χ1v) is 7.13. The van der Waals surface area contributed by atoms with Crippen molar-refractivity contribution in [1.29, 1.82) is 0 Å². The van der Waals surface area contributed by atoms with Gasteiger partial charge in [0, 0.05) is 9.86 Å². The van der Waals surface area contributed by atoms with Gasteiger partial charge in [0.05, 0.1) is 6.04 Å². The van der Waals surface area contributed by atoms with Crippen molar-refractivity contribution in [2.24, 2.45) is 5.41 Å². The Morgan fingerprint density at radius 2 is 2.00 bits per heavy atom. The Balaban J connectivity index is 2.44. The average molecular weight is 310 g/mol. The van der Waals surface area contributed by atoms with E-state index in [1.807, 2.05) is 12.1 Å². The molecular formula is C15H20BrNO. The highest BCUT2D eigenvalue weighted by Gasteiger charge is 2.28. The van der Waals surface area contributed by atoms with Gasteiger partial charge in [-0.05, 0) is 36.2 Å². The van der Waals surface area contributed by atoms with E-state index in [0.717, 1.165) is 27.7 Å². The molecule has 1 atom stereocenters. The summed E-state index contributed by atoms with van der Waals surface area (Å²) in [5.41, 5.74) is 1.07. The van der Waals surface area contributed by atoms with Crippen LogP contribution in [0.25, 0.3) is 11.0 Å². The number of rotatable bonds is 3. The second-order valence-corrected chi connectivity index (χ2v) is 6.60. The third-order valence-corrected chi connectivity index (χ3v) is 3.55. The third-order valence-electron chi connectivity index (χ3n) is 3.06. The van der Waals surface area contributed by atoms with Gasteiger partial charge in [0.15, 0.2) is 0 Å². The molecule has 2 nitrogen and oxygen atoms in total. The van der Waals surface area contributed by atoms with Crippen LogP contribution >= 0.6 is 15.9 Å². The molecule has 1 unspecified atom stereocenters. The van der Waals surface area contributed by atoms with Crippen molar-refractivity contribution in [3.05, 3.63) is 34.5 Å². The van der Waals surface area contributed by atoms with E-state index in [4.69, 9.17) is 4.42 Å². The van der Waals surface area contributed by atoms with Crippen LogP contribution in [-0.4, -0.2) is 6.54 Å². The molecule has 3 heteroatoms. The van der Waals surface area contributed by atoms with Crippen LogP contribution in [-0.2, 0) is 0 Å². The molecule has 0 saturated heterocycles. The highest BCUT2D eigenvalue weighted by molar-refractivity contribution is 9.10. The van der Waals surface area contributed by atoms with Gasteiger partial charge in [-0.25, -0.2) is 0 Å². The van der Waals surface area contributed by atoms with Crippen LogP contribution in [0.4, 0.5) is 0 Å². The molecule has 2 aromatic rings. The SMILES string of the molecule is CCNC(c1cc2cc(Br)ccc2o1)C(C)(C)C. The second-order valence-electron chi connectivity index (χ2n) is 5.69. The second kappa shape index (κ2) is 5.06. The van der Waals surface area contributed by atoms with Gasteiger partial charge in [0.25, 0.3) is 0 Å². The first-order valence-electron chi connectivity index (χ1n) is 6.34. The van der Waals surface area contributed by atoms with Crippen molar-refractivity contribution in [3.63, 3.8) is 0 Å². The lowest BCUT2D eigenvalue weighted by Gasteiger charge is -2.29. The van der Waals surface area contributed by atoms with Crippen molar-refractivity contribution < 1.29 is 4.42 Å². The molecule has 1 heterocycles. The number of halogens is 1. The standard InChI is InChI=1S/C15H20BrNO/c1-5-17-14(15(2,3)4)13-9-10-8-11(16)6-7-12(10)18-13/h6-9,14,17H,5H2,1-4H3. The number of fused-ring (bicyclic) bond motifs is 1. The zero-order chi connectivity index (χ0) is 13.3. The predicted molar refractivity (Wildman–Crippen MR) is 79.8 cm³/mol. The molecule has 0 saturated carbocycles. The molecule has 0 bridgehead atoms. The van der Waals surface area contributed by atoms with E-state index in [2.05, 4.69) is 61.1 Å². The number of nitrogens with one attached hydrogen (secondary N) is 1. The van der Waals surface area contributed by atoms with E-state index in [0.29, 0.717) is 0 Å². The molecular weight excluding hydrogens is 290 g/mol. The minimum atomic E-state index is 0.126. The zero-order valence-corrected chi connectivity index (χ0v) is 13.0. The smallest absolute Gasteiger partial charge is 0.134 e. The van der Waals surface area contributed by atoms with E-state index in [-0.39, 0.29) is 11.5 Å². The van der Waals surface area contributed by atoms with Crippen molar-refractivity contribution in [2.45, 2.75) is 33.7 Å². The summed E-state index contributed by atoms with van der Waals surface area (Å²) in [6, 6.07) is 8.48. The summed E-state index contributed by atoms with van der Waals surface area (Å²) in [5.74, 6) is 1.01. The fraction of sp³-hybridized carbons (Fsp3) is 0.467. The van der Waals surface area contributed by atoms with Gasteiger partial charge < -0.3 is 9.73 Å². The Morgan fingerprint density at radius 1 is 1.28 bits per heavy atom. The van der Waals surface area contributed by atoms with Crippen LogP contribution in [0.5, 0.6) is 0 Å². The Bertz CT molecular complexity index is 539. The highest BCUT2D eigenvalue weighted by atomic mass is 79.9. The van der Waals surface area contributed by atoms with E-state index in [1.54, 1.807) is 0 Å². The molecule has 0 radical (unpaired) electrons. The summed E-state index contributed by atoms with van der Waals surface area (Å²) < 4.78 is 7.06. The first-order chi connectivity index (χ1) is 8.41. The monoisotopic (exact) mass is 309 g/mol. The molecule has 1 N–H and O–H groups in total. The van der Waals surface area contributed by atoms with Crippen LogP contribution in [0.3, 0.4) is 0 Å². The quantitative estimate of drug-likeness (QED) is 0.873. The summed E-state index contributed by atoms with van der Waals surface area (Å²) in [5, 5.41) is 4.65. The van der Waals surface area contributed by atoms with Gasteiger partial charge in [0.1, 0.15) is 11.3 Å². The molecule has 0 amide bonds. The summed E-state index contributed by atoms with van der Waals surface area (Å²) in [7, 11) is 0. The van der Waals surface area contributed by atoms with E-state index in [1.165, 1.54) is 0 Å². The Morgan fingerprint density at radius 3 is 2.61 bits per heavy atom. The van der Waals surface area contributed by atoms with Crippen LogP contribution < -0.4 is 5.32 Å². The number of hydrogen-bond acceptors (Lipinski definition) is 2. The van der Waals surface area contributed by atoms with Crippen molar-refractivity contribution >= 4 is 26.9 Å². The molecule has 2 rings (SSSR count). The molecule has 0 aliphatic rings. The fourth-order valence-corrected chi connectivity index (χ4v) is 2.59. The fourth-order valence-electron chi connectivity index (χ4n) is 2.21. The maximum Gasteiger partial charge on any atom is 0.134 e. The molecule has 0 aliphatic carbocycles. The van der Waals surface area contributed by atoms with Crippen molar-refractivity contribution in [2.75, 3.05) is 6.54 Å². The van der Waals surface area contributed by atoms with Crippen LogP contribution in [0.1, 0.15) is 39.5 Å². The lowest BCUT2D eigenvalue weighted by atomic mass is 9.85. The maximum atomic E-state index is 5.98. The lowest BCUT2D eigenvalue weighted by molar-refractivity contribution is 0.244. The zero-order valence-electron chi connectivity index (χ0n) is 11.4. The minimum Gasteiger partial charge on any atom is -0.459 e. The lowest BCUT2D eigenvalue weighted by Crippen LogP contribution is -2.31. The van der Waals surface area contributed by atoms with Gasteiger partial charge in [-0.15, -0.1) is 0 Å². The summed E-state index contributed by atoms with van der Waals surface area (Å²) >= 11 is 3.49. The van der Waals surface area contributed by atoms with Gasteiger partial charge in [0.2, 0.25) is 0 Å². The molecule has 0 fully saturated rings. The van der Waals surface area contributed by atoms with Crippen LogP contribution in [0.2, 0.25) is 0 Å². The highest BCUT2D eigenvalue weighted by Crippen LogP contribution is 2.36. The van der Waals surface area contributed by atoms with E-state index >= 15 is 0 Å². The van der Waals surface area contributed by atoms with Gasteiger partial charge in [-0.3, -0.25) is 0 Å². The van der Waals surface area contributed by atoms with Gasteiger partial charge >= 0.3 is 0 Å². The third kappa shape index (κ3) is 2.78. The normalized spacial score (nSPS) is 14.1. The Hall–Kier alpha value is -0.800. The predicted octanol–water partition coefficient (Wildman–Crippen LogP) is 4.89. The van der Waals surface area contributed by atoms with Crippen molar-refractivity contribution in [1.82, 2.24) is 5.32 Å². The Labute approximate surface area is 117 Å².